The van der Waals surface area contributed by atoms with Crippen molar-refractivity contribution in [2.45, 2.75) is 33.0 Å². The molecule has 1 atom stereocenters. The van der Waals surface area contributed by atoms with Gasteiger partial charge < -0.3 is 9.67 Å². The average Bonchev–Trinajstić information content (AvgIpc) is 2.95. The highest BCUT2D eigenvalue weighted by atomic mass is 16.3. The van der Waals surface area contributed by atoms with Crippen LogP contribution in [0.25, 0.3) is 0 Å². The first-order chi connectivity index (χ1) is 9.80. The van der Waals surface area contributed by atoms with E-state index in [0.29, 0.717) is 6.04 Å². The third-order valence-electron chi connectivity index (χ3n) is 3.77. The zero-order valence-corrected chi connectivity index (χ0v) is 12.2. The quantitative estimate of drug-likeness (QED) is 0.842. The van der Waals surface area contributed by atoms with Crippen LogP contribution in [-0.2, 0) is 13.2 Å². The second-order valence-electron chi connectivity index (χ2n) is 4.84. The summed E-state index contributed by atoms with van der Waals surface area (Å²) in [6.45, 7) is 7.19. The molecule has 1 heterocycles. The third kappa shape index (κ3) is 3.26. The summed E-state index contributed by atoms with van der Waals surface area (Å²) < 4.78 is 2.04. The highest BCUT2D eigenvalue weighted by Gasteiger charge is 2.19. The molecule has 0 fully saturated rings. The summed E-state index contributed by atoms with van der Waals surface area (Å²) in [7, 11) is 0. The minimum absolute atomic E-state index is 0.0275. The summed E-state index contributed by atoms with van der Waals surface area (Å²) in [4.78, 5) is 6.56. The van der Waals surface area contributed by atoms with Gasteiger partial charge in [-0.25, -0.2) is 4.98 Å². The lowest BCUT2D eigenvalue weighted by Crippen LogP contribution is -2.31. The molecule has 4 heteroatoms. The van der Waals surface area contributed by atoms with Crippen LogP contribution in [0.4, 0.5) is 0 Å². The molecule has 1 N–H and O–H groups in total. The van der Waals surface area contributed by atoms with Crippen molar-refractivity contribution in [2.75, 3.05) is 13.1 Å². The van der Waals surface area contributed by atoms with Gasteiger partial charge in [0.05, 0.1) is 30.9 Å². The standard InChI is InChI=1S/C16H23N3O/c1-3-18(4-2)16(14-8-6-5-7-9-14)11-19-13-17-10-15(19)12-20/h5-10,13,16,20H,3-4,11-12H2,1-2H3. The Morgan fingerprint density at radius 2 is 1.90 bits per heavy atom. The van der Waals surface area contributed by atoms with Crippen LogP contribution >= 0.6 is 0 Å². The highest BCUT2D eigenvalue weighted by Crippen LogP contribution is 2.23. The van der Waals surface area contributed by atoms with Gasteiger partial charge in [0.2, 0.25) is 0 Å². The van der Waals surface area contributed by atoms with E-state index in [4.69, 9.17) is 0 Å². The Kier molecular flexibility index (Phi) is 5.32. The molecule has 0 saturated carbocycles. The van der Waals surface area contributed by atoms with Crippen molar-refractivity contribution >= 4 is 0 Å². The van der Waals surface area contributed by atoms with Crippen molar-refractivity contribution < 1.29 is 5.11 Å². The summed E-state index contributed by atoms with van der Waals surface area (Å²) in [5, 5.41) is 9.37. The van der Waals surface area contributed by atoms with Crippen molar-refractivity contribution in [1.29, 1.82) is 0 Å². The predicted molar refractivity (Wildman–Crippen MR) is 80.3 cm³/mol. The largest absolute Gasteiger partial charge is 0.390 e. The molecule has 1 aromatic carbocycles. The number of aliphatic hydroxyl groups excluding tert-OH is 1. The minimum Gasteiger partial charge on any atom is -0.390 e. The Hall–Kier alpha value is -1.65. The first-order valence-electron chi connectivity index (χ1n) is 7.19. The van der Waals surface area contributed by atoms with E-state index < -0.39 is 0 Å². The molecule has 0 bridgehead atoms. The van der Waals surface area contributed by atoms with Crippen LogP contribution in [0.2, 0.25) is 0 Å². The molecule has 0 aliphatic heterocycles. The van der Waals surface area contributed by atoms with E-state index >= 15 is 0 Å². The van der Waals surface area contributed by atoms with Gasteiger partial charge in [-0.15, -0.1) is 0 Å². The summed E-state index contributed by atoms with van der Waals surface area (Å²) >= 11 is 0. The predicted octanol–water partition coefficient (Wildman–Crippen LogP) is 2.46. The number of likely N-dealkylation sites (N-methyl/N-ethyl adjacent to an activating group) is 1. The van der Waals surface area contributed by atoms with Gasteiger partial charge >= 0.3 is 0 Å². The molecule has 1 aromatic heterocycles. The highest BCUT2D eigenvalue weighted by molar-refractivity contribution is 5.19. The molecular weight excluding hydrogens is 250 g/mol. The second-order valence-corrected chi connectivity index (χ2v) is 4.84. The van der Waals surface area contributed by atoms with Crippen LogP contribution in [0.5, 0.6) is 0 Å². The van der Waals surface area contributed by atoms with E-state index in [9.17, 15) is 5.11 Å². The number of aliphatic hydroxyl groups is 1. The molecule has 0 spiro atoms. The third-order valence-corrected chi connectivity index (χ3v) is 3.77. The number of hydrogen-bond acceptors (Lipinski definition) is 3. The Labute approximate surface area is 120 Å². The lowest BCUT2D eigenvalue weighted by molar-refractivity contribution is 0.192. The zero-order valence-electron chi connectivity index (χ0n) is 12.2. The number of benzene rings is 1. The molecule has 0 amide bonds. The summed E-state index contributed by atoms with van der Waals surface area (Å²) in [5.41, 5.74) is 2.16. The first-order valence-corrected chi connectivity index (χ1v) is 7.19. The van der Waals surface area contributed by atoms with Crippen molar-refractivity contribution in [3.8, 4) is 0 Å². The molecule has 0 saturated heterocycles. The molecule has 2 aromatic rings. The fourth-order valence-corrected chi connectivity index (χ4v) is 2.60. The molecule has 2 rings (SSSR count). The maximum absolute atomic E-state index is 9.37. The van der Waals surface area contributed by atoms with Crippen LogP contribution in [0, 0.1) is 0 Å². The van der Waals surface area contributed by atoms with E-state index in [1.807, 2.05) is 10.6 Å². The summed E-state index contributed by atoms with van der Waals surface area (Å²) in [5.74, 6) is 0. The maximum atomic E-state index is 9.37. The van der Waals surface area contributed by atoms with Crippen molar-refractivity contribution in [3.05, 3.63) is 54.1 Å². The van der Waals surface area contributed by atoms with E-state index in [-0.39, 0.29) is 6.61 Å². The van der Waals surface area contributed by atoms with Gasteiger partial charge in [-0.1, -0.05) is 44.2 Å². The van der Waals surface area contributed by atoms with Crippen LogP contribution in [0.1, 0.15) is 31.1 Å². The van der Waals surface area contributed by atoms with Crippen molar-refractivity contribution in [2.24, 2.45) is 0 Å². The molecule has 108 valence electrons. The average molecular weight is 273 g/mol. The Balaban J connectivity index is 2.27. The van der Waals surface area contributed by atoms with E-state index in [2.05, 4.69) is 48.0 Å². The van der Waals surface area contributed by atoms with Crippen molar-refractivity contribution in [3.63, 3.8) is 0 Å². The second kappa shape index (κ2) is 7.22. The normalized spacial score (nSPS) is 12.8. The van der Waals surface area contributed by atoms with Crippen LogP contribution in [-0.4, -0.2) is 32.6 Å². The Morgan fingerprint density at radius 3 is 2.50 bits per heavy atom. The van der Waals surface area contributed by atoms with Crippen LogP contribution < -0.4 is 0 Å². The lowest BCUT2D eigenvalue weighted by atomic mass is 10.0. The molecule has 1 unspecified atom stereocenters. The molecule has 0 radical (unpaired) electrons. The van der Waals surface area contributed by atoms with Gasteiger partial charge in [0, 0.05) is 6.54 Å². The number of nitrogens with zero attached hydrogens (tertiary/aromatic N) is 3. The maximum Gasteiger partial charge on any atom is 0.0949 e. The molecule has 0 aliphatic rings. The summed E-state index contributed by atoms with van der Waals surface area (Å²) in [6, 6.07) is 10.8. The van der Waals surface area contributed by atoms with Gasteiger partial charge in [-0.05, 0) is 18.7 Å². The zero-order chi connectivity index (χ0) is 14.4. The fourth-order valence-electron chi connectivity index (χ4n) is 2.60. The summed E-state index contributed by atoms with van der Waals surface area (Å²) in [6.07, 6.45) is 3.52. The fraction of sp³-hybridized carbons (Fsp3) is 0.438. The van der Waals surface area contributed by atoms with Crippen LogP contribution in [0.15, 0.2) is 42.9 Å². The van der Waals surface area contributed by atoms with Gasteiger partial charge in [0.15, 0.2) is 0 Å². The smallest absolute Gasteiger partial charge is 0.0949 e. The molecular formula is C16H23N3O. The molecule has 20 heavy (non-hydrogen) atoms. The number of rotatable bonds is 7. The van der Waals surface area contributed by atoms with Gasteiger partial charge in [-0.3, -0.25) is 4.90 Å². The van der Waals surface area contributed by atoms with Gasteiger partial charge in [0.1, 0.15) is 0 Å². The topological polar surface area (TPSA) is 41.3 Å². The first kappa shape index (κ1) is 14.8. The van der Waals surface area contributed by atoms with Gasteiger partial charge in [-0.2, -0.15) is 0 Å². The van der Waals surface area contributed by atoms with E-state index in [1.165, 1.54) is 5.56 Å². The van der Waals surface area contributed by atoms with Crippen molar-refractivity contribution in [1.82, 2.24) is 14.5 Å². The Bertz CT molecular complexity index is 505. The monoisotopic (exact) mass is 273 g/mol. The Morgan fingerprint density at radius 1 is 1.20 bits per heavy atom. The van der Waals surface area contributed by atoms with Gasteiger partial charge in [0.25, 0.3) is 0 Å². The minimum atomic E-state index is 0.0275. The number of imidazole rings is 1. The van der Waals surface area contributed by atoms with E-state index in [0.717, 1.165) is 25.3 Å². The van der Waals surface area contributed by atoms with Crippen LogP contribution in [0.3, 0.4) is 0 Å². The number of hydrogen-bond donors (Lipinski definition) is 1. The molecule has 4 nitrogen and oxygen atoms in total. The van der Waals surface area contributed by atoms with E-state index in [1.54, 1.807) is 12.5 Å². The lowest BCUT2D eigenvalue weighted by Gasteiger charge is -2.30. The number of aromatic nitrogens is 2. The SMILES string of the molecule is CCN(CC)C(Cn1cncc1CO)c1ccccc1. The molecule has 0 aliphatic carbocycles.